The van der Waals surface area contributed by atoms with Crippen molar-refractivity contribution < 1.29 is 19.1 Å². The molecule has 4 atom stereocenters. The average Bonchev–Trinajstić information content (AvgIpc) is 3.37. The maximum atomic E-state index is 12.9. The lowest BCUT2D eigenvalue weighted by Crippen LogP contribution is -2.32. The smallest absolute Gasteiger partial charge is 0.237 e. The maximum absolute atomic E-state index is 12.9. The molecular weight excluding hydrogens is 342 g/mol. The molecule has 27 heavy (non-hydrogen) atoms. The summed E-state index contributed by atoms with van der Waals surface area (Å²) in [5.74, 6) is 2.72. The van der Waals surface area contributed by atoms with Crippen LogP contribution < -0.4 is 14.4 Å². The highest BCUT2D eigenvalue weighted by Gasteiger charge is 2.61. The fraction of sp³-hybridized carbons (Fsp3) is 0.364. The quantitative estimate of drug-likeness (QED) is 0.770. The minimum absolute atomic E-state index is 0.0129. The van der Waals surface area contributed by atoms with Crippen LogP contribution in [0.1, 0.15) is 19.3 Å². The van der Waals surface area contributed by atoms with E-state index in [4.69, 9.17) is 9.47 Å². The molecule has 0 N–H and O–H groups in total. The van der Waals surface area contributed by atoms with Gasteiger partial charge < -0.3 is 9.47 Å². The van der Waals surface area contributed by atoms with Gasteiger partial charge in [0, 0.05) is 0 Å². The Morgan fingerprint density at radius 2 is 1.26 bits per heavy atom. The molecule has 1 heterocycles. The van der Waals surface area contributed by atoms with Crippen molar-refractivity contribution in [1.82, 2.24) is 0 Å². The summed E-state index contributed by atoms with van der Waals surface area (Å²) in [7, 11) is 1.62. The first-order valence-corrected chi connectivity index (χ1v) is 9.45. The van der Waals surface area contributed by atoms with Crippen molar-refractivity contribution in [2.24, 2.45) is 23.7 Å². The lowest BCUT2D eigenvalue weighted by atomic mass is 9.81. The first kappa shape index (κ1) is 16.4. The predicted molar refractivity (Wildman–Crippen MR) is 99.8 cm³/mol. The molecule has 1 aliphatic heterocycles. The molecule has 5 nitrogen and oxygen atoms in total. The number of carbonyl (C=O) groups excluding carboxylic acids is 2. The second kappa shape index (κ2) is 6.12. The Morgan fingerprint density at radius 1 is 0.778 bits per heavy atom. The summed E-state index contributed by atoms with van der Waals surface area (Å²) in [6, 6.07) is 14.5. The number of anilines is 1. The summed E-state index contributed by atoms with van der Waals surface area (Å²) in [6.45, 7) is 0. The molecule has 3 fully saturated rings. The van der Waals surface area contributed by atoms with Crippen LogP contribution in [-0.2, 0) is 9.59 Å². The van der Waals surface area contributed by atoms with Crippen molar-refractivity contribution in [2.75, 3.05) is 12.0 Å². The van der Waals surface area contributed by atoms with Gasteiger partial charge in [0.05, 0.1) is 24.6 Å². The van der Waals surface area contributed by atoms with Crippen LogP contribution in [0.4, 0.5) is 5.69 Å². The number of ether oxygens (including phenoxy) is 2. The lowest BCUT2D eigenvalue weighted by molar-refractivity contribution is -0.123. The second-order valence-corrected chi connectivity index (χ2v) is 7.67. The summed E-state index contributed by atoms with van der Waals surface area (Å²) in [5.41, 5.74) is 0.640. The van der Waals surface area contributed by atoms with E-state index < -0.39 is 0 Å². The van der Waals surface area contributed by atoms with E-state index in [1.165, 1.54) is 4.90 Å². The zero-order valence-electron chi connectivity index (χ0n) is 15.1. The molecule has 2 aromatic rings. The van der Waals surface area contributed by atoms with Crippen molar-refractivity contribution in [3.05, 3.63) is 48.5 Å². The maximum Gasteiger partial charge on any atom is 0.237 e. The molecule has 1 saturated heterocycles. The number of imide groups is 1. The normalized spacial score (nSPS) is 28.6. The van der Waals surface area contributed by atoms with E-state index in [2.05, 4.69) is 0 Å². The standard InChI is InChI=1S/C22H21NO4/c1-26-16-8-10-18(11-9-16)27-17-6-4-15(5-7-17)23-21(24)19-13-2-3-14(12-13)20(19)22(23)25/h4-11,13-14,19-20H,2-3,12H2,1H3/t13-,14-,19-,20-/m0/s1. The van der Waals surface area contributed by atoms with Crippen LogP contribution in [0.5, 0.6) is 17.2 Å². The van der Waals surface area contributed by atoms with Gasteiger partial charge in [0.25, 0.3) is 0 Å². The minimum atomic E-state index is -0.0912. The Hall–Kier alpha value is -2.82. The summed E-state index contributed by atoms with van der Waals surface area (Å²) in [4.78, 5) is 27.2. The van der Waals surface area contributed by atoms with Crippen LogP contribution in [0.3, 0.4) is 0 Å². The van der Waals surface area contributed by atoms with Gasteiger partial charge in [-0.05, 0) is 79.6 Å². The number of carbonyl (C=O) groups is 2. The van der Waals surface area contributed by atoms with E-state index in [0.29, 0.717) is 29.0 Å². The van der Waals surface area contributed by atoms with Gasteiger partial charge in [-0.25, -0.2) is 0 Å². The predicted octanol–water partition coefficient (Wildman–Crippen LogP) is 4.02. The Balaban J connectivity index is 1.34. The van der Waals surface area contributed by atoms with Crippen molar-refractivity contribution in [1.29, 1.82) is 0 Å². The summed E-state index contributed by atoms with van der Waals surface area (Å²) >= 11 is 0. The van der Waals surface area contributed by atoms with Crippen LogP contribution in [0.25, 0.3) is 0 Å². The molecule has 2 aromatic carbocycles. The van der Waals surface area contributed by atoms with Crippen LogP contribution >= 0.6 is 0 Å². The first-order valence-electron chi connectivity index (χ1n) is 9.45. The number of amides is 2. The number of rotatable bonds is 4. The Kier molecular flexibility index (Phi) is 3.71. The fourth-order valence-electron chi connectivity index (χ4n) is 5.11. The molecule has 5 rings (SSSR count). The van der Waals surface area contributed by atoms with Gasteiger partial charge in [-0.15, -0.1) is 0 Å². The highest BCUT2D eigenvalue weighted by atomic mass is 16.5. The van der Waals surface area contributed by atoms with Gasteiger partial charge >= 0.3 is 0 Å². The largest absolute Gasteiger partial charge is 0.497 e. The molecule has 2 saturated carbocycles. The summed E-state index contributed by atoms with van der Waals surface area (Å²) in [6.07, 6.45) is 3.23. The van der Waals surface area contributed by atoms with Crippen molar-refractivity contribution in [2.45, 2.75) is 19.3 Å². The summed E-state index contributed by atoms with van der Waals surface area (Å²) in [5, 5.41) is 0. The molecular formula is C22H21NO4. The molecule has 0 radical (unpaired) electrons. The minimum Gasteiger partial charge on any atom is -0.497 e. The Labute approximate surface area is 157 Å². The van der Waals surface area contributed by atoms with E-state index >= 15 is 0 Å². The van der Waals surface area contributed by atoms with Crippen LogP contribution in [0.15, 0.2) is 48.5 Å². The Morgan fingerprint density at radius 3 is 1.78 bits per heavy atom. The molecule has 3 aliphatic rings. The molecule has 2 bridgehead atoms. The average molecular weight is 363 g/mol. The SMILES string of the molecule is COc1ccc(Oc2ccc(N3C(=O)[C@H]4[C@H]5CC[C@@H](C5)[C@@H]4C3=O)cc2)cc1. The zero-order valence-corrected chi connectivity index (χ0v) is 15.1. The highest BCUT2D eigenvalue weighted by Crippen LogP contribution is 2.56. The zero-order chi connectivity index (χ0) is 18.5. The second-order valence-electron chi connectivity index (χ2n) is 7.67. The van der Waals surface area contributed by atoms with Gasteiger partial charge in [-0.3, -0.25) is 14.5 Å². The van der Waals surface area contributed by atoms with Gasteiger partial charge in [-0.1, -0.05) is 0 Å². The monoisotopic (exact) mass is 363 g/mol. The van der Waals surface area contributed by atoms with Gasteiger partial charge in [0.2, 0.25) is 11.8 Å². The van der Waals surface area contributed by atoms with Crippen LogP contribution in [0, 0.1) is 23.7 Å². The summed E-state index contributed by atoms with van der Waals surface area (Å²) < 4.78 is 11.0. The molecule has 2 amide bonds. The van der Waals surface area contributed by atoms with Gasteiger partial charge in [-0.2, -0.15) is 0 Å². The third kappa shape index (κ3) is 2.52. The number of hydrogen-bond acceptors (Lipinski definition) is 4. The third-order valence-electron chi connectivity index (χ3n) is 6.32. The third-order valence-corrected chi connectivity index (χ3v) is 6.32. The first-order chi connectivity index (χ1) is 13.2. The van der Waals surface area contributed by atoms with E-state index in [9.17, 15) is 9.59 Å². The van der Waals surface area contributed by atoms with Crippen molar-refractivity contribution in [3.8, 4) is 17.2 Å². The molecule has 5 heteroatoms. The lowest BCUT2D eigenvalue weighted by Gasteiger charge is -2.19. The number of methoxy groups -OCH3 is 1. The number of benzene rings is 2. The van der Waals surface area contributed by atoms with Crippen molar-refractivity contribution >= 4 is 17.5 Å². The van der Waals surface area contributed by atoms with Crippen molar-refractivity contribution in [3.63, 3.8) is 0 Å². The van der Waals surface area contributed by atoms with Crippen LogP contribution in [-0.4, -0.2) is 18.9 Å². The molecule has 138 valence electrons. The van der Waals surface area contributed by atoms with Gasteiger partial charge in [0.1, 0.15) is 17.2 Å². The van der Waals surface area contributed by atoms with E-state index in [0.717, 1.165) is 25.0 Å². The highest BCUT2D eigenvalue weighted by molar-refractivity contribution is 6.22. The topological polar surface area (TPSA) is 55.8 Å². The number of nitrogens with zero attached hydrogens (tertiary/aromatic N) is 1. The number of fused-ring (bicyclic) bond motifs is 5. The molecule has 0 spiro atoms. The van der Waals surface area contributed by atoms with Crippen LogP contribution in [0.2, 0.25) is 0 Å². The molecule has 0 unspecified atom stereocenters. The number of hydrogen-bond donors (Lipinski definition) is 0. The van der Waals surface area contributed by atoms with E-state index in [1.807, 2.05) is 24.3 Å². The van der Waals surface area contributed by atoms with E-state index in [-0.39, 0.29) is 23.7 Å². The fourth-order valence-corrected chi connectivity index (χ4v) is 5.11. The van der Waals surface area contributed by atoms with E-state index in [1.54, 1.807) is 31.4 Å². The Bertz CT molecular complexity index is 862. The van der Waals surface area contributed by atoms with Gasteiger partial charge in [0.15, 0.2) is 0 Å². The molecule has 0 aromatic heterocycles. The molecule has 2 aliphatic carbocycles.